The van der Waals surface area contributed by atoms with Gasteiger partial charge < -0.3 is 4.74 Å². The molecule has 0 aromatic rings. The molecule has 0 aromatic carbocycles. The first-order valence-corrected chi connectivity index (χ1v) is 17.0. The molecule has 4 nitrogen and oxygen atoms in total. The van der Waals surface area contributed by atoms with Gasteiger partial charge in [-0.15, -0.1) is 46.4 Å². The summed E-state index contributed by atoms with van der Waals surface area (Å²) in [5.74, 6) is -0.135. The van der Waals surface area contributed by atoms with E-state index >= 15 is 0 Å². The van der Waals surface area contributed by atoms with Crippen molar-refractivity contribution in [3.8, 4) is 0 Å². The Balaban J connectivity index is 0.000000127. The monoisotopic (exact) mass is 782 g/mol. The van der Waals surface area contributed by atoms with E-state index in [2.05, 4.69) is 0 Å². The fourth-order valence-electron chi connectivity index (χ4n) is 8.26. The van der Waals surface area contributed by atoms with Crippen molar-refractivity contribution in [3.63, 3.8) is 0 Å². The van der Waals surface area contributed by atoms with Crippen molar-refractivity contribution in [1.29, 1.82) is 0 Å². The second kappa shape index (κ2) is 8.62. The van der Waals surface area contributed by atoms with E-state index in [1.807, 2.05) is 0 Å². The third-order valence-corrected chi connectivity index (χ3v) is 19.2. The summed E-state index contributed by atoms with van der Waals surface area (Å²) in [4.78, 5) is -4.95. The number of hydrogen-bond acceptors (Lipinski definition) is 4. The average Bonchev–Trinajstić information content (AvgIpc) is 3.41. The zero-order valence-electron chi connectivity index (χ0n) is 18.3. The molecule has 38 heavy (non-hydrogen) atoms. The molecule has 2 aliphatic heterocycles. The van der Waals surface area contributed by atoms with Gasteiger partial charge in [0.1, 0.15) is 19.5 Å². The number of fused-ring (bicyclic) bond motifs is 17. The lowest BCUT2D eigenvalue weighted by Gasteiger charge is -2.38. The highest BCUT2D eigenvalue weighted by Crippen LogP contribution is 2.84. The third kappa shape index (κ3) is 2.91. The van der Waals surface area contributed by atoms with Gasteiger partial charge in [-0.05, 0) is 30.1 Å². The van der Waals surface area contributed by atoms with Gasteiger partial charge in [0, 0.05) is 11.8 Å². The SMILES string of the molecule is ClC1=C(Cl)C2(Cl)C3C4CC(C5OC45)C3C1(Cl)C2(Cl)Cl.O=S1OCC2C(CO1)C1(Cl)C(Cl)=C(Cl)C2(Cl)C1(Cl)Cl. The van der Waals surface area contributed by atoms with Crippen molar-refractivity contribution in [2.75, 3.05) is 13.2 Å². The summed E-state index contributed by atoms with van der Waals surface area (Å²) in [6.45, 7) is 0.0215. The molecule has 0 radical (unpaired) electrons. The maximum Gasteiger partial charge on any atom is 0.304 e. The molecular weight excluding hydrogens is 774 g/mol. The molecular formula is C21H14Cl12O4S. The standard InChI is InChI=1S/C12H8Cl6O.C9H6Cl6O3S/c13-8-9(14)11(16)5-3-1-2(6-7(3)19-6)4(5)10(8,15)12(11,17)18;10-5-6(11)8(13)4-2-18-19(16)17-1-3(4)7(5,12)9(8,14)15/h2-7H,1H2;3-4H,1-2H2. The number of halogens is 12. The molecule has 0 spiro atoms. The third-order valence-electron chi connectivity index (χ3n) is 9.86. The van der Waals surface area contributed by atoms with Gasteiger partial charge in [0.2, 0.25) is 0 Å². The summed E-state index contributed by atoms with van der Waals surface area (Å²) in [7, 11) is 0. The van der Waals surface area contributed by atoms with Gasteiger partial charge in [0.05, 0.1) is 45.6 Å². The summed E-state index contributed by atoms with van der Waals surface area (Å²) >= 11 is 75.9. The smallest absolute Gasteiger partial charge is 0.304 e. The van der Waals surface area contributed by atoms with Crippen LogP contribution in [-0.4, -0.2) is 57.8 Å². The van der Waals surface area contributed by atoms with Crippen molar-refractivity contribution in [3.05, 3.63) is 20.1 Å². The van der Waals surface area contributed by atoms with E-state index in [4.69, 9.17) is 152 Å². The lowest BCUT2D eigenvalue weighted by molar-refractivity contribution is 0.207. The van der Waals surface area contributed by atoms with Gasteiger partial charge in [-0.2, -0.15) is 4.21 Å². The van der Waals surface area contributed by atoms with Gasteiger partial charge >= 0.3 is 11.4 Å². The van der Waals surface area contributed by atoms with Crippen LogP contribution in [0.3, 0.4) is 0 Å². The number of hydrogen-bond donors (Lipinski definition) is 0. The zero-order valence-corrected chi connectivity index (χ0v) is 28.2. The second-order valence-corrected chi connectivity index (χ2v) is 18.3. The Morgan fingerprint density at radius 1 is 0.605 bits per heavy atom. The molecule has 17 heteroatoms. The Labute approximate surface area is 280 Å². The first-order valence-electron chi connectivity index (χ1n) is 11.4. The molecule has 0 N–H and O–H groups in total. The molecule has 0 amide bonds. The van der Waals surface area contributed by atoms with Crippen LogP contribution in [0.25, 0.3) is 0 Å². The Morgan fingerprint density at radius 3 is 1.34 bits per heavy atom. The molecule has 6 aliphatic carbocycles. The number of allylic oxidation sites excluding steroid dienone is 4. The molecule has 6 bridgehead atoms. The number of alkyl halides is 8. The minimum absolute atomic E-state index is 0.0107. The fourth-order valence-corrected chi connectivity index (χ4v) is 15.0. The number of ether oxygens (including phenoxy) is 1. The van der Waals surface area contributed by atoms with Crippen LogP contribution < -0.4 is 0 Å². The highest BCUT2D eigenvalue weighted by atomic mass is 35.5. The zero-order chi connectivity index (χ0) is 27.7. The van der Waals surface area contributed by atoms with Gasteiger partial charge in [-0.25, -0.2) is 0 Å². The summed E-state index contributed by atoms with van der Waals surface area (Å²) in [5.41, 5.74) is 0. The van der Waals surface area contributed by atoms with Crippen molar-refractivity contribution in [2.45, 2.75) is 46.8 Å². The largest absolute Gasteiger partial charge is 0.369 e. The van der Waals surface area contributed by atoms with Crippen LogP contribution >= 0.6 is 139 Å². The van der Waals surface area contributed by atoms with Crippen molar-refractivity contribution in [1.82, 2.24) is 0 Å². The molecule has 4 saturated carbocycles. The van der Waals surface area contributed by atoms with Gasteiger partial charge in [0.15, 0.2) is 8.67 Å². The second-order valence-electron chi connectivity index (χ2n) is 10.9. The molecule has 8 aliphatic rings. The maximum atomic E-state index is 11.3. The molecule has 2 heterocycles. The normalized spacial score (nSPS) is 59.4. The summed E-state index contributed by atoms with van der Waals surface area (Å²) in [6.07, 6.45) is 1.63. The Bertz CT molecular complexity index is 1180. The average molecular weight is 788 g/mol. The minimum atomic E-state index is -1.86. The molecule has 2 saturated heterocycles. The highest BCUT2D eigenvalue weighted by Gasteiger charge is 2.89. The van der Waals surface area contributed by atoms with E-state index in [9.17, 15) is 4.21 Å². The summed E-state index contributed by atoms with van der Waals surface area (Å²) < 4.78 is 24.1. The van der Waals surface area contributed by atoms with Crippen LogP contribution in [0.4, 0.5) is 0 Å². The van der Waals surface area contributed by atoms with E-state index < -0.39 is 51.4 Å². The Kier molecular flexibility index (Phi) is 6.73. The van der Waals surface area contributed by atoms with Crippen LogP contribution in [0, 0.1) is 35.5 Å². The minimum Gasteiger partial charge on any atom is -0.369 e. The number of epoxide rings is 1. The fraction of sp³-hybridized carbons (Fsp3) is 0.810. The molecule has 8 rings (SSSR count). The molecule has 0 aromatic heterocycles. The molecule has 212 valence electrons. The predicted molar refractivity (Wildman–Crippen MR) is 155 cm³/mol. The van der Waals surface area contributed by atoms with Crippen LogP contribution in [0.15, 0.2) is 20.1 Å². The van der Waals surface area contributed by atoms with Gasteiger partial charge in [-0.3, -0.25) is 8.37 Å². The van der Waals surface area contributed by atoms with E-state index in [0.717, 1.165) is 6.42 Å². The van der Waals surface area contributed by atoms with Crippen molar-refractivity contribution < 1.29 is 17.3 Å². The summed E-state index contributed by atoms with van der Waals surface area (Å²) in [5, 5.41) is 0.852. The van der Waals surface area contributed by atoms with E-state index in [1.165, 1.54) is 0 Å². The van der Waals surface area contributed by atoms with Crippen molar-refractivity contribution in [2.24, 2.45) is 35.5 Å². The highest BCUT2D eigenvalue weighted by molar-refractivity contribution is 7.75. The Morgan fingerprint density at radius 2 is 0.947 bits per heavy atom. The van der Waals surface area contributed by atoms with Crippen LogP contribution in [0.5, 0.6) is 0 Å². The lowest BCUT2D eigenvalue weighted by Crippen LogP contribution is -2.46. The Hall–Kier alpha value is 2.99. The van der Waals surface area contributed by atoms with E-state index in [1.54, 1.807) is 0 Å². The first kappa shape index (κ1) is 29.7. The van der Waals surface area contributed by atoms with Crippen LogP contribution in [0.1, 0.15) is 6.42 Å². The first-order chi connectivity index (χ1) is 17.5. The summed E-state index contributed by atoms with van der Waals surface area (Å²) in [6, 6.07) is 0. The molecule has 6 fully saturated rings. The van der Waals surface area contributed by atoms with Crippen LogP contribution in [0.2, 0.25) is 0 Å². The molecule has 12 unspecified atom stereocenters. The van der Waals surface area contributed by atoms with E-state index in [-0.39, 0.29) is 47.3 Å². The van der Waals surface area contributed by atoms with Gasteiger partial charge in [0.25, 0.3) is 0 Å². The predicted octanol–water partition coefficient (Wildman–Crippen LogP) is 8.17. The van der Waals surface area contributed by atoms with Crippen molar-refractivity contribution >= 4 is 151 Å². The lowest BCUT2D eigenvalue weighted by atomic mass is 9.73. The molecule has 12 atom stereocenters. The maximum absolute atomic E-state index is 11.3. The quantitative estimate of drug-likeness (QED) is 0.141. The topological polar surface area (TPSA) is 48.1 Å². The number of rotatable bonds is 0. The van der Waals surface area contributed by atoms with E-state index in [0.29, 0.717) is 21.9 Å². The van der Waals surface area contributed by atoms with Crippen LogP contribution in [-0.2, 0) is 24.5 Å². The van der Waals surface area contributed by atoms with Gasteiger partial charge in [-0.1, -0.05) is 92.8 Å².